The fraction of sp³-hybridized carbons (Fsp3) is 0.235. The SMILES string of the molecule is Cc1ccc(C(C)NC(=O)c2ccc(NS(C)(=O)=O)c(Cl)c2)cc1. The number of rotatable bonds is 5. The maximum atomic E-state index is 12.3. The monoisotopic (exact) mass is 366 g/mol. The predicted octanol–water partition coefficient (Wildman–Crippen LogP) is 3.51. The Hall–Kier alpha value is -2.05. The Morgan fingerprint density at radius 3 is 2.29 bits per heavy atom. The predicted molar refractivity (Wildman–Crippen MR) is 97.0 cm³/mol. The molecule has 7 heteroatoms. The molecule has 0 fully saturated rings. The third kappa shape index (κ3) is 4.97. The Balaban J connectivity index is 2.12. The zero-order chi connectivity index (χ0) is 17.9. The third-order valence-corrected chi connectivity index (χ3v) is 4.35. The minimum atomic E-state index is -3.43. The molecule has 5 nitrogen and oxygen atoms in total. The lowest BCUT2D eigenvalue weighted by Crippen LogP contribution is -2.26. The topological polar surface area (TPSA) is 75.3 Å². The molecular weight excluding hydrogens is 348 g/mol. The van der Waals surface area contributed by atoms with E-state index < -0.39 is 10.0 Å². The van der Waals surface area contributed by atoms with E-state index in [1.807, 2.05) is 38.1 Å². The molecule has 1 unspecified atom stereocenters. The second-order valence-corrected chi connectivity index (χ2v) is 7.83. The average molecular weight is 367 g/mol. The van der Waals surface area contributed by atoms with Gasteiger partial charge in [0.05, 0.1) is 23.0 Å². The van der Waals surface area contributed by atoms with E-state index in [0.29, 0.717) is 5.56 Å². The van der Waals surface area contributed by atoms with Crippen LogP contribution in [0.2, 0.25) is 5.02 Å². The molecule has 0 saturated heterocycles. The van der Waals surface area contributed by atoms with Crippen LogP contribution in [-0.4, -0.2) is 20.6 Å². The molecule has 2 rings (SSSR count). The number of halogens is 1. The van der Waals surface area contributed by atoms with Crippen molar-refractivity contribution in [3.05, 3.63) is 64.2 Å². The van der Waals surface area contributed by atoms with Crippen LogP contribution in [-0.2, 0) is 10.0 Å². The van der Waals surface area contributed by atoms with Crippen molar-refractivity contribution in [1.29, 1.82) is 0 Å². The molecule has 0 heterocycles. The van der Waals surface area contributed by atoms with E-state index in [4.69, 9.17) is 11.6 Å². The number of amides is 1. The largest absolute Gasteiger partial charge is 0.346 e. The fourth-order valence-corrected chi connectivity index (χ4v) is 3.02. The molecular formula is C17H19ClN2O3S. The molecule has 2 N–H and O–H groups in total. The van der Waals surface area contributed by atoms with Crippen molar-refractivity contribution in [2.24, 2.45) is 0 Å². The van der Waals surface area contributed by atoms with E-state index in [1.165, 1.54) is 18.2 Å². The second-order valence-electron chi connectivity index (χ2n) is 5.67. The van der Waals surface area contributed by atoms with Crippen LogP contribution in [0.15, 0.2) is 42.5 Å². The molecule has 0 saturated carbocycles. The van der Waals surface area contributed by atoms with Crippen LogP contribution < -0.4 is 10.0 Å². The third-order valence-electron chi connectivity index (χ3n) is 3.45. The first-order valence-electron chi connectivity index (χ1n) is 7.30. The Morgan fingerprint density at radius 2 is 1.75 bits per heavy atom. The molecule has 128 valence electrons. The number of aryl methyl sites for hydroxylation is 1. The lowest BCUT2D eigenvalue weighted by Gasteiger charge is -2.15. The van der Waals surface area contributed by atoms with Crippen molar-refractivity contribution in [3.8, 4) is 0 Å². The summed E-state index contributed by atoms with van der Waals surface area (Å²) in [5.41, 5.74) is 2.74. The van der Waals surface area contributed by atoms with Crippen LogP contribution in [0.1, 0.15) is 34.5 Å². The first-order chi connectivity index (χ1) is 11.2. The number of carbonyl (C=O) groups is 1. The summed E-state index contributed by atoms with van der Waals surface area (Å²) >= 11 is 6.04. The van der Waals surface area contributed by atoms with E-state index in [9.17, 15) is 13.2 Å². The maximum absolute atomic E-state index is 12.3. The van der Waals surface area contributed by atoms with Crippen LogP contribution in [0.4, 0.5) is 5.69 Å². The van der Waals surface area contributed by atoms with Gasteiger partial charge in [0.15, 0.2) is 0 Å². The van der Waals surface area contributed by atoms with Gasteiger partial charge in [-0.2, -0.15) is 0 Å². The molecule has 0 aliphatic rings. The quantitative estimate of drug-likeness (QED) is 0.850. The van der Waals surface area contributed by atoms with Gasteiger partial charge < -0.3 is 5.32 Å². The van der Waals surface area contributed by atoms with Crippen LogP contribution in [0.5, 0.6) is 0 Å². The van der Waals surface area contributed by atoms with E-state index in [1.54, 1.807) is 0 Å². The Labute approximate surface area is 147 Å². The zero-order valence-corrected chi connectivity index (χ0v) is 15.2. The highest BCUT2D eigenvalue weighted by Crippen LogP contribution is 2.24. The van der Waals surface area contributed by atoms with Gasteiger partial charge in [0, 0.05) is 5.56 Å². The number of benzene rings is 2. The number of nitrogens with one attached hydrogen (secondary N) is 2. The highest BCUT2D eigenvalue weighted by molar-refractivity contribution is 7.92. The summed E-state index contributed by atoms with van der Waals surface area (Å²) in [7, 11) is -3.43. The minimum absolute atomic E-state index is 0.161. The second kappa shape index (κ2) is 7.23. The van der Waals surface area contributed by atoms with Gasteiger partial charge in [-0.05, 0) is 37.6 Å². The standard InChI is InChI=1S/C17H19ClN2O3S/c1-11-4-6-13(7-5-11)12(2)19-17(21)14-8-9-16(15(18)10-14)20-24(3,22)23/h4-10,12,20H,1-3H3,(H,19,21). The molecule has 1 amide bonds. The highest BCUT2D eigenvalue weighted by Gasteiger charge is 2.14. The molecule has 0 aliphatic heterocycles. The number of carbonyl (C=O) groups excluding carboxylic acids is 1. The number of hydrogen-bond donors (Lipinski definition) is 2. The molecule has 24 heavy (non-hydrogen) atoms. The Bertz CT molecular complexity index is 849. The molecule has 1 atom stereocenters. The number of hydrogen-bond acceptors (Lipinski definition) is 3. The van der Waals surface area contributed by atoms with E-state index in [2.05, 4.69) is 10.0 Å². The lowest BCUT2D eigenvalue weighted by molar-refractivity contribution is 0.0940. The fourth-order valence-electron chi connectivity index (χ4n) is 2.16. The van der Waals surface area contributed by atoms with Crippen molar-refractivity contribution < 1.29 is 13.2 Å². The van der Waals surface area contributed by atoms with Gasteiger partial charge in [-0.1, -0.05) is 41.4 Å². The summed E-state index contributed by atoms with van der Waals surface area (Å²) in [5, 5.41) is 3.05. The van der Waals surface area contributed by atoms with Crippen molar-refractivity contribution in [2.45, 2.75) is 19.9 Å². The van der Waals surface area contributed by atoms with Gasteiger partial charge in [0.2, 0.25) is 10.0 Å². The summed E-state index contributed by atoms with van der Waals surface area (Å²) in [6.07, 6.45) is 1.03. The van der Waals surface area contributed by atoms with Crippen molar-refractivity contribution in [2.75, 3.05) is 11.0 Å². The zero-order valence-electron chi connectivity index (χ0n) is 13.6. The summed E-state index contributed by atoms with van der Waals surface area (Å²) in [5.74, 6) is -0.282. The molecule has 0 aliphatic carbocycles. The highest BCUT2D eigenvalue weighted by atomic mass is 35.5. The van der Waals surface area contributed by atoms with E-state index in [0.717, 1.165) is 17.4 Å². The van der Waals surface area contributed by atoms with E-state index in [-0.39, 0.29) is 22.7 Å². The van der Waals surface area contributed by atoms with Gasteiger partial charge in [-0.15, -0.1) is 0 Å². The molecule has 2 aromatic rings. The van der Waals surface area contributed by atoms with Crippen molar-refractivity contribution >= 4 is 33.2 Å². The smallest absolute Gasteiger partial charge is 0.251 e. The summed E-state index contributed by atoms with van der Waals surface area (Å²) in [6, 6.07) is 12.2. The van der Waals surface area contributed by atoms with Crippen LogP contribution in [0.3, 0.4) is 0 Å². The molecule has 0 spiro atoms. The Kier molecular flexibility index (Phi) is 5.51. The first-order valence-corrected chi connectivity index (χ1v) is 9.57. The summed E-state index contributed by atoms with van der Waals surface area (Å²) in [4.78, 5) is 12.3. The maximum Gasteiger partial charge on any atom is 0.251 e. The van der Waals surface area contributed by atoms with Crippen LogP contribution in [0.25, 0.3) is 0 Å². The van der Waals surface area contributed by atoms with Crippen LogP contribution in [0, 0.1) is 6.92 Å². The summed E-state index contributed by atoms with van der Waals surface area (Å²) < 4.78 is 24.8. The lowest BCUT2D eigenvalue weighted by atomic mass is 10.1. The number of sulfonamides is 1. The minimum Gasteiger partial charge on any atom is -0.346 e. The van der Waals surface area contributed by atoms with Crippen molar-refractivity contribution in [1.82, 2.24) is 5.32 Å². The normalized spacial score (nSPS) is 12.5. The first kappa shape index (κ1) is 18.3. The van der Waals surface area contributed by atoms with Gasteiger partial charge in [0.25, 0.3) is 5.91 Å². The average Bonchev–Trinajstić information content (AvgIpc) is 2.48. The Morgan fingerprint density at radius 1 is 1.12 bits per heavy atom. The summed E-state index contributed by atoms with van der Waals surface area (Å²) in [6.45, 7) is 3.89. The van der Waals surface area contributed by atoms with Crippen molar-refractivity contribution in [3.63, 3.8) is 0 Å². The van der Waals surface area contributed by atoms with Gasteiger partial charge in [-0.3, -0.25) is 9.52 Å². The van der Waals surface area contributed by atoms with Gasteiger partial charge >= 0.3 is 0 Å². The van der Waals surface area contributed by atoms with Crippen LogP contribution >= 0.6 is 11.6 Å². The van der Waals surface area contributed by atoms with Gasteiger partial charge in [-0.25, -0.2) is 8.42 Å². The van der Waals surface area contributed by atoms with E-state index >= 15 is 0 Å². The molecule has 0 bridgehead atoms. The van der Waals surface area contributed by atoms with Gasteiger partial charge in [0.1, 0.15) is 0 Å². The molecule has 2 aromatic carbocycles. The molecule has 0 radical (unpaired) electrons. The molecule has 0 aromatic heterocycles. The number of anilines is 1.